The second-order valence-corrected chi connectivity index (χ2v) is 7.22. The third kappa shape index (κ3) is 3.23. The standard InChI is InChI=1S/C16H20N2O2S/c1-16(7-2-3-8-16)18-15(20)11-4-5-13-12(10-11)17-14(19)6-9-21-13/h4-5,10H,2-3,6-9H2,1H3,(H,17,19)(H,18,20). The molecular formula is C16H20N2O2S. The highest BCUT2D eigenvalue weighted by Crippen LogP contribution is 2.32. The fourth-order valence-corrected chi connectivity index (χ4v) is 3.92. The van der Waals surface area contributed by atoms with Crippen molar-refractivity contribution in [2.45, 2.75) is 49.5 Å². The maximum Gasteiger partial charge on any atom is 0.251 e. The summed E-state index contributed by atoms with van der Waals surface area (Å²) in [6.07, 6.45) is 4.94. The summed E-state index contributed by atoms with van der Waals surface area (Å²) >= 11 is 1.65. The van der Waals surface area contributed by atoms with Gasteiger partial charge in [-0.1, -0.05) is 12.8 Å². The minimum absolute atomic E-state index is 0.0153. The van der Waals surface area contributed by atoms with Gasteiger partial charge in [-0.05, 0) is 38.0 Å². The number of fused-ring (bicyclic) bond motifs is 1. The summed E-state index contributed by atoms with van der Waals surface area (Å²) in [6.45, 7) is 2.11. The molecule has 1 fully saturated rings. The lowest BCUT2D eigenvalue weighted by Gasteiger charge is -2.25. The Morgan fingerprint density at radius 2 is 2.10 bits per heavy atom. The molecule has 0 spiro atoms. The Labute approximate surface area is 129 Å². The van der Waals surface area contributed by atoms with Crippen molar-refractivity contribution in [1.82, 2.24) is 5.32 Å². The molecule has 4 nitrogen and oxygen atoms in total. The van der Waals surface area contributed by atoms with E-state index in [-0.39, 0.29) is 17.4 Å². The lowest BCUT2D eigenvalue weighted by atomic mass is 10.00. The SMILES string of the molecule is CC1(NC(=O)c2ccc3c(c2)NC(=O)CCS3)CCCC1. The Morgan fingerprint density at radius 3 is 2.86 bits per heavy atom. The molecule has 0 radical (unpaired) electrons. The second kappa shape index (κ2) is 5.72. The molecule has 0 atom stereocenters. The third-order valence-corrected chi connectivity index (χ3v) is 5.30. The quantitative estimate of drug-likeness (QED) is 0.882. The van der Waals surface area contributed by atoms with Crippen LogP contribution in [0, 0.1) is 0 Å². The average Bonchev–Trinajstić information content (AvgIpc) is 2.77. The Balaban J connectivity index is 1.79. The summed E-state index contributed by atoms with van der Waals surface area (Å²) in [6, 6.07) is 5.56. The zero-order chi connectivity index (χ0) is 14.9. The van der Waals surface area contributed by atoms with Gasteiger partial charge in [-0.2, -0.15) is 0 Å². The van der Waals surface area contributed by atoms with Gasteiger partial charge in [-0.15, -0.1) is 11.8 Å². The molecule has 1 saturated carbocycles. The molecule has 2 N–H and O–H groups in total. The highest BCUT2D eigenvalue weighted by atomic mass is 32.2. The lowest BCUT2D eigenvalue weighted by Crippen LogP contribution is -2.43. The van der Waals surface area contributed by atoms with Crippen LogP contribution in [0.2, 0.25) is 0 Å². The van der Waals surface area contributed by atoms with Gasteiger partial charge in [0.15, 0.2) is 0 Å². The van der Waals surface area contributed by atoms with Crippen molar-refractivity contribution in [2.24, 2.45) is 0 Å². The van der Waals surface area contributed by atoms with Crippen molar-refractivity contribution in [2.75, 3.05) is 11.1 Å². The minimum atomic E-state index is -0.0815. The summed E-state index contributed by atoms with van der Waals surface area (Å²) in [4.78, 5) is 25.1. The molecule has 112 valence electrons. The summed E-state index contributed by atoms with van der Waals surface area (Å²) < 4.78 is 0. The van der Waals surface area contributed by atoms with E-state index in [1.807, 2.05) is 12.1 Å². The van der Waals surface area contributed by atoms with Gasteiger partial charge < -0.3 is 10.6 Å². The van der Waals surface area contributed by atoms with E-state index in [9.17, 15) is 9.59 Å². The van der Waals surface area contributed by atoms with Crippen LogP contribution in [0.25, 0.3) is 0 Å². The number of carbonyl (C=O) groups is 2. The van der Waals surface area contributed by atoms with Crippen LogP contribution in [0.15, 0.2) is 23.1 Å². The van der Waals surface area contributed by atoms with E-state index < -0.39 is 0 Å². The van der Waals surface area contributed by atoms with Crippen LogP contribution in [0.4, 0.5) is 5.69 Å². The fraction of sp³-hybridized carbons (Fsp3) is 0.500. The van der Waals surface area contributed by atoms with Crippen LogP contribution < -0.4 is 10.6 Å². The smallest absolute Gasteiger partial charge is 0.251 e. The van der Waals surface area contributed by atoms with Crippen LogP contribution in [-0.2, 0) is 4.79 Å². The topological polar surface area (TPSA) is 58.2 Å². The first-order valence-corrected chi connectivity index (χ1v) is 8.44. The molecule has 0 unspecified atom stereocenters. The van der Waals surface area contributed by atoms with Gasteiger partial charge in [0.05, 0.1) is 5.69 Å². The average molecular weight is 304 g/mol. The number of benzene rings is 1. The van der Waals surface area contributed by atoms with E-state index in [2.05, 4.69) is 17.6 Å². The molecule has 3 rings (SSSR count). The van der Waals surface area contributed by atoms with E-state index in [0.29, 0.717) is 12.0 Å². The van der Waals surface area contributed by atoms with Crippen LogP contribution in [0.5, 0.6) is 0 Å². The third-order valence-electron chi connectivity index (χ3n) is 4.22. The van der Waals surface area contributed by atoms with Gasteiger partial charge in [0, 0.05) is 28.2 Å². The molecule has 0 bridgehead atoms. The molecular weight excluding hydrogens is 284 g/mol. The van der Waals surface area contributed by atoms with Gasteiger partial charge in [0.25, 0.3) is 5.91 Å². The summed E-state index contributed by atoms with van der Waals surface area (Å²) in [5, 5.41) is 6.03. The predicted octanol–water partition coefficient (Wildman–Crippen LogP) is 3.18. The molecule has 1 aromatic carbocycles. The molecule has 1 aliphatic heterocycles. The Kier molecular flexibility index (Phi) is 3.93. The second-order valence-electron chi connectivity index (χ2n) is 6.08. The molecule has 2 amide bonds. The van der Waals surface area contributed by atoms with Crippen LogP contribution in [0.1, 0.15) is 49.4 Å². The minimum Gasteiger partial charge on any atom is -0.347 e. The zero-order valence-corrected chi connectivity index (χ0v) is 13.0. The molecule has 1 aromatic rings. The van der Waals surface area contributed by atoms with Gasteiger partial charge in [-0.25, -0.2) is 0 Å². The van der Waals surface area contributed by atoms with E-state index in [1.165, 1.54) is 12.8 Å². The highest BCUT2D eigenvalue weighted by molar-refractivity contribution is 7.99. The van der Waals surface area contributed by atoms with E-state index >= 15 is 0 Å². The number of carbonyl (C=O) groups excluding carboxylic acids is 2. The maximum atomic E-state index is 12.4. The van der Waals surface area contributed by atoms with Crippen LogP contribution in [-0.4, -0.2) is 23.1 Å². The van der Waals surface area contributed by atoms with Gasteiger partial charge in [-0.3, -0.25) is 9.59 Å². The molecule has 0 saturated heterocycles. The largest absolute Gasteiger partial charge is 0.347 e. The van der Waals surface area contributed by atoms with E-state index in [4.69, 9.17) is 0 Å². The van der Waals surface area contributed by atoms with Crippen molar-refractivity contribution < 1.29 is 9.59 Å². The number of rotatable bonds is 2. The highest BCUT2D eigenvalue weighted by Gasteiger charge is 2.30. The first kappa shape index (κ1) is 14.4. The fourth-order valence-electron chi connectivity index (χ4n) is 2.99. The number of anilines is 1. The van der Waals surface area contributed by atoms with Crippen molar-refractivity contribution in [3.63, 3.8) is 0 Å². The van der Waals surface area contributed by atoms with Crippen molar-refractivity contribution in [3.05, 3.63) is 23.8 Å². The summed E-state index contributed by atoms with van der Waals surface area (Å²) in [7, 11) is 0. The Morgan fingerprint density at radius 1 is 1.33 bits per heavy atom. The number of nitrogens with one attached hydrogen (secondary N) is 2. The number of hydrogen-bond acceptors (Lipinski definition) is 3. The number of amides is 2. The van der Waals surface area contributed by atoms with Crippen molar-refractivity contribution in [3.8, 4) is 0 Å². The Bertz CT molecular complexity index is 580. The lowest BCUT2D eigenvalue weighted by molar-refractivity contribution is -0.115. The van der Waals surface area contributed by atoms with Crippen molar-refractivity contribution in [1.29, 1.82) is 0 Å². The molecule has 1 heterocycles. The first-order valence-electron chi connectivity index (χ1n) is 7.45. The van der Waals surface area contributed by atoms with Gasteiger partial charge in [0.2, 0.25) is 5.91 Å². The van der Waals surface area contributed by atoms with Crippen LogP contribution >= 0.6 is 11.8 Å². The maximum absolute atomic E-state index is 12.4. The number of thioether (sulfide) groups is 1. The van der Waals surface area contributed by atoms with Gasteiger partial charge in [0.1, 0.15) is 0 Å². The van der Waals surface area contributed by atoms with Crippen LogP contribution in [0.3, 0.4) is 0 Å². The number of hydrogen-bond donors (Lipinski definition) is 2. The van der Waals surface area contributed by atoms with E-state index in [0.717, 1.165) is 29.2 Å². The molecule has 0 aromatic heterocycles. The summed E-state index contributed by atoms with van der Waals surface area (Å²) in [5.74, 6) is 0.745. The molecule has 2 aliphatic rings. The molecule has 5 heteroatoms. The molecule has 1 aliphatic carbocycles. The predicted molar refractivity (Wildman–Crippen MR) is 84.8 cm³/mol. The van der Waals surface area contributed by atoms with Crippen molar-refractivity contribution >= 4 is 29.3 Å². The van der Waals surface area contributed by atoms with E-state index in [1.54, 1.807) is 17.8 Å². The molecule has 21 heavy (non-hydrogen) atoms. The first-order chi connectivity index (χ1) is 10.1. The van der Waals surface area contributed by atoms with Gasteiger partial charge >= 0.3 is 0 Å². The normalized spacial score (nSPS) is 20.3. The zero-order valence-electron chi connectivity index (χ0n) is 12.2. The summed E-state index contributed by atoms with van der Waals surface area (Å²) in [5.41, 5.74) is 1.29. The monoisotopic (exact) mass is 304 g/mol. The Hall–Kier alpha value is -1.49.